The van der Waals surface area contributed by atoms with Gasteiger partial charge in [0.15, 0.2) is 0 Å². The number of nitrogens with zero attached hydrogens (tertiary/aromatic N) is 2. The Labute approximate surface area is 157 Å². The smallest absolute Gasteiger partial charge is 0.274 e. The van der Waals surface area contributed by atoms with Crippen molar-refractivity contribution in [2.75, 3.05) is 10.6 Å². The van der Waals surface area contributed by atoms with E-state index < -0.39 is 0 Å². The van der Waals surface area contributed by atoms with Gasteiger partial charge in [-0.1, -0.05) is 54.1 Å². The van der Waals surface area contributed by atoms with Crippen molar-refractivity contribution in [3.63, 3.8) is 0 Å². The van der Waals surface area contributed by atoms with E-state index in [1.165, 1.54) is 0 Å². The molecule has 2 N–H and O–H groups in total. The molecule has 26 heavy (non-hydrogen) atoms. The highest BCUT2D eigenvalue weighted by atomic mass is 35.5. The van der Waals surface area contributed by atoms with E-state index in [4.69, 9.17) is 11.6 Å². The Hall–Kier alpha value is -2.92. The molecule has 1 heterocycles. The summed E-state index contributed by atoms with van der Waals surface area (Å²) in [5.41, 5.74) is 1.95. The summed E-state index contributed by atoms with van der Waals surface area (Å²) in [6.07, 6.45) is 0. The first kappa shape index (κ1) is 17.9. The standard InChI is InChI=1S/C20H19ClN4O/c1-13(15-8-4-3-5-9-15)22-19-12-18(23-14(2)24-19)20(26)25-17-11-7-6-10-16(17)21/h3-13H,1-2H3,(H,25,26)(H,22,23,24). The van der Waals surface area contributed by atoms with E-state index in [1.807, 2.05) is 37.3 Å². The van der Waals surface area contributed by atoms with Crippen molar-refractivity contribution in [1.82, 2.24) is 9.97 Å². The molecule has 132 valence electrons. The zero-order valence-corrected chi connectivity index (χ0v) is 15.3. The second-order valence-corrected chi connectivity index (χ2v) is 6.30. The Bertz CT molecular complexity index is 915. The molecule has 0 aliphatic rings. The Morgan fingerprint density at radius 1 is 1.04 bits per heavy atom. The van der Waals surface area contributed by atoms with Gasteiger partial charge in [-0.2, -0.15) is 0 Å². The van der Waals surface area contributed by atoms with E-state index in [9.17, 15) is 4.79 Å². The molecule has 0 saturated heterocycles. The van der Waals surface area contributed by atoms with Crippen LogP contribution in [0.3, 0.4) is 0 Å². The summed E-state index contributed by atoms with van der Waals surface area (Å²) >= 11 is 6.10. The molecule has 0 fully saturated rings. The second kappa shape index (κ2) is 7.97. The molecule has 1 aromatic heterocycles. The highest BCUT2D eigenvalue weighted by Crippen LogP contribution is 2.22. The Kier molecular flexibility index (Phi) is 5.49. The zero-order valence-electron chi connectivity index (χ0n) is 14.5. The van der Waals surface area contributed by atoms with Crippen LogP contribution in [-0.2, 0) is 0 Å². The van der Waals surface area contributed by atoms with E-state index in [1.54, 1.807) is 37.3 Å². The van der Waals surface area contributed by atoms with Crippen LogP contribution in [0.2, 0.25) is 5.02 Å². The highest BCUT2D eigenvalue weighted by molar-refractivity contribution is 6.33. The molecule has 0 bridgehead atoms. The zero-order chi connectivity index (χ0) is 18.5. The average molecular weight is 367 g/mol. The number of hydrogen-bond donors (Lipinski definition) is 2. The Morgan fingerprint density at radius 3 is 2.46 bits per heavy atom. The SMILES string of the molecule is Cc1nc(NC(C)c2ccccc2)cc(C(=O)Nc2ccccc2Cl)n1. The molecule has 3 rings (SSSR count). The molecule has 0 aliphatic heterocycles. The third kappa shape index (κ3) is 4.37. The first-order valence-electron chi connectivity index (χ1n) is 8.26. The van der Waals surface area contributed by atoms with Gasteiger partial charge in [0.25, 0.3) is 5.91 Å². The fourth-order valence-corrected chi connectivity index (χ4v) is 2.74. The summed E-state index contributed by atoms with van der Waals surface area (Å²) in [7, 11) is 0. The minimum Gasteiger partial charge on any atom is -0.363 e. The first-order chi connectivity index (χ1) is 12.5. The number of rotatable bonds is 5. The van der Waals surface area contributed by atoms with Crippen molar-refractivity contribution in [3.05, 3.63) is 82.8 Å². The van der Waals surface area contributed by atoms with E-state index >= 15 is 0 Å². The molecular weight excluding hydrogens is 348 g/mol. The summed E-state index contributed by atoms with van der Waals surface area (Å²) < 4.78 is 0. The van der Waals surface area contributed by atoms with Gasteiger partial charge in [-0.3, -0.25) is 4.79 Å². The average Bonchev–Trinajstić information content (AvgIpc) is 2.64. The molecule has 1 atom stereocenters. The third-order valence-corrected chi connectivity index (χ3v) is 4.19. The molecule has 1 unspecified atom stereocenters. The Morgan fingerprint density at radius 2 is 1.73 bits per heavy atom. The van der Waals surface area contributed by atoms with Crippen molar-refractivity contribution < 1.29 is 4.79 Å². The number of amides is 1. The van der Waals surface area contributed by atoms with Gasteiger partial charge in [0, 0.05) is 12.1 Å². The molecule has 5 nitrogen and oxygen atoms in total. The monoisotopic (exact) mass is 366 g/mol. The number of halogens is 1. The number of para-hydroxylation sites is 1. The van der Waals surface area contributed by atoms with Crippen LogP contribution in [-0.4, -0.2) is 15.9 Å². The van der Waals surface area contributed by atoms with Gasteiger partial charge in [-0.15, -0.1) is 0 Å². The molecule has 1 amide bonds. The largest absolute Gasteiger partial charge is 0.363 e. The molecule has 0 spiro atoms. The van der Waals surface area contributed by atoms with Gasteiger partial charge >= 0.3 is 0 Å². The van der Waals surface area contributed by atoms with Crippen molar-refractivity contribution in [3.8, 4) is 0 Å². The van der Waals surface area contributed by atoms with Crippen molar-refractivity contribution in [2.45, 2.75) is 19.9 Å². The summed E-state index contributed by atoms with van der Waals surface area (Å²) in [5.74, 6) is 0.775. The predicted molar refractivity (Wildman–Crippen MR) is 105 cm³/mol. The van der Waals surface area contributed by atoms with Crippen LogP contribution in [0.4, 0.5) is 11.5 Å². The number of benzene rings is 2. The lowest BCUT2D eigenvalue weighted by atomic mass is 10.1. The quantitative estimate of drug-likeness (QED) is 0.676. The number of hydrogen-bond acceptors (Lipinski definition) is 4. The maximum Gasteiger partial charge on any atom is 0.274 e. The van der Waals surface area contributed by atoms with Gasteiger partial charge < -0.3 is 10.6 Å². The van der Waals surface area contributed by atoms with Crippen molar-refractivity contribution in [1.29, 1.82) is 0 Å². The molecule has 6 heteroatoms. The molecule has 3 aromatic rings. The number of nitrogens with one attached hydrogen (secondary N) is 2. The van der Waals surface area contributed by atoms with Gasteiger partial charge in [-0.05, 0) is 31.5 Å². The predicted octanol–water partition coefficient (Wildman–Crippen LogP) is 4.86. The number of carbonyl (C=O) groups excluding carboxylic acids is 1. The van der Waals surface area contributed by atoms with Crippen LogP contribution >= 0.6 is 11.6 Å². The topological polar surface area (TPSA) is 66.9 Å². The molecule has 2 aromatic carbocycles. The van der Waals surface area contributed by atoms with Crippen LogP contribution in [0.5, 0.6) is 0 Å². The third-order valence-electron chi connectivity index (χ3n) is 3.86. The number of aromatic nitrogens is 2. The fraction of sp³-hybridized carbons (Fsp3) is 0.150. The highest BCUT2D eigenvalue weighted by Gasteiger charge is 2.14. The van der Waals surface area contributed by atoms with E-state index in [-0.39, 0.29) is 17.6 Å². The van der Waals surface area contributed by atoms with Gasteiger partial charge in [0.05, 0.1) is 10.7 Å². The summed E-state index contributed by atoms with van der Waals surface area (Å²) in [6, 6.07) is 18.8. The van der Waals surface area contributed by atoms with E-state index in [2.05, 4.69) is 20.6 Å². The summed E-state index contributed by atoms with van der Waals surface area (Å²) in [4.78, 5) is 21.2. The lowest BCUT2D eigenvalue weighted by Gasteiger charge is -2.16. The van der Waals surface area contributed by atoms with Crippen LogP contribution in [0.1, 0.15) is 34.8 Å². The molecule has 0 aliphatic carbocycles. The van der Waals surface area contributed by atoms with Gasteiger partial charge in [0.1, 0.15) is 17.3 Å². The summed E-state index contributed by atoms with van der Waals surface area (Å²) in [5, 5.41) is 6.56. The normalized spacial score (nSPS) is 11.7. The Balaban J connectivity index is 1.79. The molecule has 0 saturated carbocycles. The minimum atomic E-state index is -0.334. The van der Waals surface area contributed by atoms with Crippen molar-refractivity contribution >= 4 is 29.0 Å². The van der Waals surface area contributed by atoms with Gasteiger partial charge in [0.2, 0.25) is 0 Å². The lowest BCUT2D eigenvalue weighted by Crippen LogP contribution is -2.16. The van der Waals surface area contributed by atoms with Crippen molar-refractivity contribution in [2.24, 2.45) is 0 Å². The van der Waals surface area contributed by atoms with Crippen LogP contribution < -0.4 is 10.6 Å². The fourth-order valence-electron chi connectivity index (χ4n) is 2.55. The molecule has 0 radical (unpaired) electrons. The maximum atomic E-state index is 12.5. The van der Waals surface area contributed by atoms with Crippen LogP contribution in [0.25, 0.3) is 0 Å². The molecular formula is C20H19ClN4O. The lowest BCUT2D eigenvalue weighted by molar-refractivity contribution is 0.102. The van der Waals surface area contributed by atoms with E-state index in [0.29, 0.717) is 22.4 Å². The minimum absolute atomic E-state index is 0.0463. The maximum absolute atomic E-state index is 12.5. The summed E-state index contributed by atoms with van der Waals surface area (Å²) in [6.45, 7) is 3.79. The van der Waals surface area contributed by atoms with Crippen LogP contribution in [0, 0.1) is 6.92 Å². The number of carbonyl (C=O) groups is 1. The number of aryl methyl sites for hydroxylation is 1. The second-order valence-electron chi connectivity index (χ2n) is 5.90. The van der Waals surface area contributed by atoms with Gasteiger partial charge in [-0.25, -0.2) is 9.97 Å². The van der Waals surface area contributed by atoms with Crippen LogP contribution in [0.15, 0.2) is 60.7 Å². The number of anilines is 2. The first-order valence-corrected chi connectivity index (χ1v) is 8.64. The van der Waals surface area contributed by atoms with E-state index in [0.717, 1.165) is 5.56 Å².